The Morgan fingerprint density at radius 2 is 2.00 bits per heavy atom. The molecule has 0 bridgehead atoms. The van der Waals surface area contributed by atoms with E-state index in [2.05, 4.69) is 79.3 Å². The highest BCUT2D eigenvalue weighted by molar-refractivity contribution is 6.04. The minimum atomic E-state index is 0.280. The summed E-state index contributed by atoms with van der Waals surface area (Å²) in [6, 6.07) is 11.0. The van der Waals surface area contributed by atoms with Crippen LogP contribution in [0, 0.1) is 0 Å². The molecule has 2 aromatic carbocycles. The summed E-state index contributed by atoms with van der Waals surface area (Å²) in [6.45, 7) is 3.77. The predicted octanol–water partition coefficient (Wildman–Crippen LogP) is 3.42. The van der Waals surface area contributed by atoms with E-state index in [1.807, 2.05) is 0 Å². The Labute approximate surface area is 142 Å². The van der Waals surface area contributed by atoms with Gasteiger partial charge in [0.1, 0.15) is 12.4 Å². The number of nitrogens with one attached hydrogen (secondary N) is 2. The van der Waals surface area contributed by atoms with E-state index in [4.69, 9.17) is 4.74 Å². The van der Waals surface area contributed by atoms with Crippen molar-refractivity contribution < 1.29 is 4.74 Å². The Morgan fingerprint density at radius 3 is 2.83 bits per heavy atom. The van der Waals surface area contributed by atoms with E-state index in [0.717, 1.165) is 12.3 Å². The molecule has 1 unspecified atom stereocenters. The van der Waals surface area contributed by atoms with Crippen LogP contribution in [-0.2, 0) is 0 Å². The first-order valence-corrected chi connectivity index (χ1v) is 8.37. The lowest BCUT2D eigenvalue weighted by atomic mass is 9.93. The second-order valence-electron chi connectivity index (χ2n) is 6.75. The lowest BCUT2D eigenvalue weighted by Crippen LogP contribution is -2.21. The number of nitrogens with zero attached hydrogens (tertiary/aromatic N) is 1. The van der Waals surface area contributed by atoms with Crippen LogP contribution in [-0.4, -0.2) is 38.2 Å². The minimum Gasteiger partial charge on any atom is -0.492 e. The normalized spacial score (nSPS) is 18.4. The maximum atomic E-state index is 5.87. The fourth-order valence-electron chi connectivity index (χ4n) is 3.41. The topological polar surface area (TPSA) is 36.5 Å². The molecule has 0 aromatic heterocycles. The quantitative estimate of drug-likeness (QED) is 0.905. The summed E-state index contributed by atoms with van der Waals surface area (Å²) in [5, 5.41) is 9.38. The molecule has 4 nitrogen and oxygen atoms in total. The van der Waals surface area contributed by atoms with Crippen LogP contribution in [0.25, 0.3) is 16.3 Å². The Bertz CT molecular complexity index is 851. The molecule has 2 N–H and O–H groups in total. The van der Waals surface area contributed by atoms with Gasteiger partial charge in [-0.3, -0.25) is 0 Å². The fourth-order valence-corrected chi connectivity index (χ4v) is 3.41. The first-order valence-electron chi connectivity index (χ1n) is 8.37. The fraction of sp³-hybridized carbons (Fsp3) is 0.300. The average molecular weight is 321 g/mol. The van der Waals surface area contributed by atoms with Crippen molar-refractivity contribution >= 4 is 22.0 Å². The molecule has 0 saturated heterocycles. The number of rotatable bonds is 4. The standard InChI is InChI=1S/C20H23N3O/c1-13-11-21-12-17-19-16-6-5-15(24-9-8-23(2)3)10-14(16)4-7-18(19)22-20(13)17/h4-7,10-12,20-22H,8-9H2,1-3H3. The summed E-state index contributed by atoms with van der Waals surface area (Å²) in [4.78, 5) is 2.12. The summed E-state index contributed by atoms with van der Waals surface area (Å²) in [5.41, 5.74) is 5.13. The number of likely N-dealkylation sites (N-methyl/N-ethyl adjacent to an activating group) is 1. The molecular weight excluding hydrogens is 298 g/mol. The third-order valence-electron chi connectivity index (χ3n) is 4.70. The molecule has 1 atom stereocenters. The summed E-state index contributed by atoms with van der Waals surface area (Å²) >= 11 is 0. The van der Waals surface area contributed by atoms with Crippen molar-refractivity contribution in [3.8, 4) is 5.75 Å². The van der Waals surface area contributed by atoms with Gasteiger partial charge in [0.2, 0.25) is 0 Å². The largest absolute Gasteiger partial charge is 0.492 e. The molecule has 0 spiro atoms. The lowest BCUT2D eigenvalue weighted by Gasteiger charge is -2.19. The zero-order valence-corrected chi connectivity index (χ0v) is 14.4. The zero-order valence-electron chi connectivity index (χ0n) is 14.4. The van der Waals surface area contributed by atoms with Crippen LogP contribution < -0.4 is 15.4 Å². The Hall–Kier alpha value is -2.46. The third-order valence-corrected chi connectivity index (χ3v) is 4.70. The molecule has 24 heavy (non-hydrogen) atoms. The van der Waals surface area contributed by atoms with Gasteiger partial charge < -0.3 is 20.3 Å². The van der Waals surface area contributed by atoms with Crippen LogP contribution in [0.5, 0.6) is 5.75 Å². The van der Waals surface area contributed by atoms with Crippen LogP contribution >= 0.6 is 0 Å². The number of fused-ring (bicyclic) bond motifs is 5. The van der Waals surface area contributed by atoms with Gasteiger partial charge >= 0.3 is 0 Å². The van der Waals surface area contributed by atoms with Crippen LogP contribution in [0.3, 0.4) is 0 Å². The van der Waals surface area contributed by atoms with E-state index in [1.165, 1.54) is 33.2 Å². The van der Waals surface area contributed by atoms with Crippen LogP contribution in [0.2, 0.25) is 0 Å². The SMILES string of the molecule is CC1=CNC=C2c3c(ccc4cc(OCCN(C)C)ccc34)NC12. The van der Waals surface area contributed by atoms with Crippen molar-refractivity contribution in [2.75, 3.05) is 32.6 Å². The van der Waals surface area contributed by atoms with Crippen molar-refractivity contribution in [3.63, 3.8) is 0 Å². The van der Waals surface area contributed by atoms with Crippen molar-refractivity contribution in [1.29, 1.82) is 0 Å². The maximum Gasteiger partial charge on any atom is 0.120 e. The van der Waals surface area contributed by atoms with Crippen molar-refractivity contribution in [1.82, 2.24) is 10.2 Å². The summed E-state index contributed by atoms with van der Waals surface area (Å²) < 4.78 is 5.87. The number of anilines is 1. The molecule has 124 valence electrons. The number of hydrogen-bond donors (Lipinski definition) is 2. The van der Waals surface area contributed by atoms with Crippen molar-refractivity contribution in [2.24, 2.45) is 0 Å². The smallest absolute Gasteiger partial charge is 0.120 e. The van der Waals surface area contributed by atoms with Gasteiger partial charge in [-0.15, -0.1) is 0 Å². The Balaban J connectivity index is 1.68. The number of benzene rings is 2. The molecule has 0 radical (unpaired) electrons. The van der Waals surface area contributed by atoms with Gasteiger partial charge in [-0.2, -0.15) is 0 Å². The van der Waals surface area contributed by atoms with Gasteiger partial charge in [0.25, 0.3) is 0 Å². The van der Waals surface area contributed by atoms with Crippen LogP contribution in [0.1, 0.15) is 12.5 Å². The molecule has 2 aliphatic rings. The minimum absolute atomic E-state index is 0.280. The molecule has 2 aromatic rings. The first kappa shape index (κ1) is 15.1. The second kappa shape index (κ2) is 5.87. The van der Waals surface area contributed by atoms with Gasteiger partial charge in [0.15, 0.2) is 0 Å². The molecular formula is C20H23N3O. The zero-order chi connectivity index (χ0) is 16.7. The number of dihydropyridines is 1. The van der Waals surface area contributed by atoms with Gasteiger partial charge in [-0.1, -0.05) is 12.1 Å². The van der Waals surface area contributed by atoms with Crippen molar-refractivity contribution in [3.05, 3.63) is 53.9 Å². The van der Waals surface area contributed by atoms with Crippen molar-refractivity contribution in [2.45, 2.75) is 13.0 Å². The van der Waals surface area contributed by atoms with E-state index in [9.17, 15) is 0 Å². The molecule has 4 rings (SSSR count). The predicted molar refractivity (Wildman–Crippen MR) is 100 cm³/mol. The highest BCUT2D eigenvalue weighted by atomic mass is 16.5. The Morgan fingerprint density at radius 1 is 1.12 bits per heavy atom. The molecule has 4 heteroatoms. The molecule has 0 fully saturated rings. The van der Waals surface area contributed by atoms with Gasteiger partial charge in [0.05, 0.1) is 6.04 Å². The van der Waals surface area contributed by atoms with E-state index in [0.29, 0.717) is 6.61 Å². The molecule has 2 aliphatic heterocycles. The first-order chi connectivity index (χ1) is 11.6. The van der Waals surface area contributed by atoms with Gasteiger partial charge in [0, 0.05) is 35.8 Å². The lowest BCUT2D eigenvalue weighted by molar-refractivity contribution is 0.261. The van der Waals surface area contributed by atoms with Gasteiger partial charge in [-0.25, -0.2) is 0 Å². The number of hydrogen-bond acceptors (Lipinski definition) is 4. The summed E-state index contributed by atoms with van der Waals surface area (Å²) in [6.07, 6.45) is 4.17. The van der Waals surface area contributed by atoms with E-state index >= 15 is 0 Å². The van der Waals surface area contributed by atoms with Gasteiger partial charge in [-0.05, 0) is 55.6 Å². The molecule has 2 heterocycles. The summed E-state index contributed by atoms with van der Waals surface area (Å²) in [5.74, 6) is 0.929. The van der Waals surface area contributed by atoms with E-state index in [1.54, 1.807) is 0 Å². The second-order valence-corrected chi connectivity index (χ2v) is 6.75. The monoisotopic (exact) mass is 321 g/mol. The maximum absolute atomic E-state index is 5.87. The molecule has 0 saturated carbocycles. The highest BCUT2D eigenvalue weighted by Gasteiger charge is 2.30. The molecule has 0 amide bonds. The van der Waals surface area contributed by atoms with E-state index in [-0.39, 0.29) is 6.04 Å². The molecule has 0 aliphatic carbocycles. The average Bonchev–Trinajstić information content (AvgIpc) is 2.95. The van der Waals surface area contributed by atoms with Crippen LogP contribution in [0.15, 0.2) is 48.3 Å². The van der Waals surface area contributed by atoms with E-state index < -0.39 is 0 Å². The highest BCUT2D eigenvalue weighted by Crippen LogP contribution is 2.43. The van der Waals surface area contributed by atoms with Crippen LogP contribution in [0.4, 0.5) is 5.69 Å². The summed E-state index contributed by atoms with van der Waals surface area (Å²) in [7, 11) is 4.11. The third kappa shape index (κ3) is 2.53. The Kier molecular flexibility index (Phi) is 3.69. The number of ether oxygens (including phenoxy) is 1.